The molecule has 0 unspecified atom stereocenters. The number of piperidine rings is 1. The molecule has 1 aliphatic rings. The summed E-state index contributed by atoms with van der Waals surface area (Å²) >= 11 is 0. The Hall–Kier alpha value is -1.89. The standard InChI is InChI=1S/C26H47N3O4/c1-10-19(11-2)29-15-13-12-14-20(29)23(30)27-22(26(6,7)8)24(31)28(9)21(17(3)4)16-18(5)25(32)33/h16-17,19-22H,10-15H2,1-9H3,(H,27,30)(H,32,33)/t20-,21-,22-/m1/s1. The number of carboxylic acid groups (broad SMARTS) is 1. The van der Waals surface area contributed by atoms with Gasteiger partial charge in [0.1, 0.15) is 6.04 Å². The number of nitrogens with one attached hydrogen (secondary N) is 1. The van der Waals surface area contributed by atoms with Gasteiger partial charge in [0.15, 0.2) is 0 Å². The molecule has 2 N–H and O–H groups in total. The van der Waals surface area contributed by atoms with E-state index in [9.17, 15) is 19.5 Å². The first-order chi connectivity index (χ1) is 15.3. The van der Waals surface area contributed by atoms with Crippen LogP contribution in [0.2, 0.25) is 0 Å². The van der Waals surface area contributed by atoms with Crippen molar-refractivity contribution in [2.24, 2.45) is 11.3 Å². The Bertz CT molecular complexity index is 707. The van der Waals surface area contributed by atoms with Crippen molar-refractivity contribution in [3.63, 3.8) is 0 Å². The van der Waals surface area contributed by atoms with Crippen LogP contribution in [0.1, 0.15) is 87.5 Å². The summed E-state index contributed by atoms with van der Waals surface area (Å²) < 4.78 is 0. The lowest BCUT2D eigenvalue weighted by Crippen LogP contribution is -2.61. The summed E-state index contributed by atoms with van der Waals surface area (Å²) in [5.41, 5.74) is -0.296. The minimum atomic E-state index is -0.999. The van der Waals surface area contributed by atoms with Crippen LogP contribution in [0.25, 0.3) is 0 Å². The number of likely N-dealkylation sites (N-methyl/N-ethyl adjacent to an activating group) is 1. The highest BCUT2D eigenvalue weighted by Gasteiger charge is 2.40. The zero-order valence-corrected chi connectivity index (χ0v) is 22.3. The van der Waals surface area contributed by atoms with Crippen LogP contribution in [0.5, 0.6) is 0 Å². The number of hydrogen-bond donors (Lipinski definition) is 2. The van der Waals surface area contributed by atoms with E-state index < -0.39 is 17.4 Å². The lowest BCUT2D eigenvalue weighted by molar-refractivity contribution is -0.142. The predicted molar refractivity (Wildman–Crippen MR) is 133 cm³/mol. The van der Waals surface area contributed by atoms with Gasteiger partial charge < -0.3 is 15.3 Å². The van der Waals surface area contributed by atoms with Crippen LogP contribution in [0, 0.1) is 11.3 Å². The summed E-state index contributed by atoms with van der Waals surface area (Å²) in [6, 6.07) is -0.949. The highest BCUT2D eigenvalue weighted by Crippen LogP contribution is 2.26. The first-order valence-electron chi connectivity index (χ1n) is 12.5. The molecule has 7 nitrogen and oxygen atoms in total. The van der Waals surface area contributed by atoms with E-state index in [0.717, 1.165) is 38.6 Å². The van der Waals surface area contributed by atoms with E-state index in [1.807, 2.05) is 34.6 Å². The molecule has 0 radical (unpaired) electrons. The molecule has 1 rings (SSSR count). The van der Waals surface area contributed by atoms with Crippen LogP contribution in [-0.4, -0.2) is 70.4 Å². The maximum atomic E-state index is 13.7. The fourth-order valence-electron chi connectivity index (χ4n) is 4.75. The molecule has 0 bridgehead atoms. The Labute approximate surface area is 201 Å². The van der Waals surface area contributed by atoms with E-state index in [0.29, 0.717) is 6.04 Å². The summed E-state index contributed by atoms with van der Waals surface area (Å²) in [5, 5.41) is 12.4. The Kier molecular flexibility index (Phi) is 11.1. The number of hydrogen-bond acceptors (Lipinski definition) is 4. The van der Waals surface area contributed by atoms with Crippen molar-refractivity contribution in [3.05, 3.63) is 11.6 Å². The van der Waals surface area contributed by atoms with Gasteiger partial charge in [0.25, 0.3) is 0 Å². The summed E-state index contributed by atoms with van der Waals surface area (Å²) in [6.45, 7) is 16.5. The summed E-state index contributed by atoms with van der Waals surface area (Å²) in [6.07, 6.45) is 6.53. The van der Waals surface area contributed by atoms with Gasteiger partial charge >= 0.3 is 5.97 Å². The second-order valence-corrected chi connectivity index (χ2v) is 10.9. The summed E-state index contributed by atoms with van der Waals surface area (Å²) in [5.74, 6) is -1.26. The first-order valence-corrected chi connectivity index (χ1v) is 12.5. The molecular formula is C26H47N3O4. The van der Waals surface area contributed by atoms with E-state index >= 15 is 0 Å². The predicted octanol–water partition coefficient (Wildman–Crippen LogP) is 4.07. The monoisotopic (exact) mass is 465 g/mol. The lowest BCUT2D eigenvalue weighted by atomic mass is 9.84. The minimum Gasteiger partial charge on any atom is -0.478 e. The number of carbonyl (C=O) groups is 3. The van der Waals surface area contributed by atoms with Gasteiger partial charge in [-0.1, -0.05) is 61.0 Å². The topological polar surface area (TPSA) is 90.0 Å². The number of aliphatic carboxylic acids is 1. The number of likely N-dealkylation sites (tertiary alicyclic amines) is 1. The van der Waals surface area contributed by atoms with E-state index in [2.05, 4.69) is 24.1 Å². The molecule has 0 aromatic rings. The third-order valence-electron chi connectivity index (χ3n) is 6.89. The molecule has 0 aromatic heterocycles. The summed E-state index contributed by atoms with van der Waals surface area (Å²) in [7, 11) is 1.70. The van der Waals surface area contributed by atoms with Crippen LogP contribution >= 0.6 is 0 Å². The van der Waals surface area contributed by atoms with Crippen LogP contribution < -0.4 is 5.32 Å². The van der Waals surface area contributed by atoms with Crippen LogP contribution in [0.3, 0.4) is 0 Å². The molecule has 0 spiro atoms. The Balaban J connectivity index is 3.18. The molecule has 2 amide bonds. The smallest absolute Gasteiger partial charge is 0.331 e. The van der Waals surface area contributed by atoms with Crippen molar-refractivity contribution in [1.82, 2.24) is 15.1 Å². The highest BCUT2D eigenvalue weighted by atomic mass is 16.4. The average molecular weight is 466 g/mol. The summed E-state index contributed by atoms with van der Waals surface area (Å²) in [4.78, 5) is 42.4. The van der Waals surface area contributed by atoms with Gasteiger partial charge in [0, 0.05) is 18.7 Å². The molecule has 0 saturated carbocycles. The molecule has 33 heavy (non-hydrogen) atoms. The van der Waals surface area contributed by atoms with Crippen molar-refractivity contribution in [2.45, 2.75) is 112 Å². The maximum absolute atomic E-state index is 13.7. The molecule has 0 aromatic carbocycles. The minimum absolute atomic E-state index is 0.0215. The molecule has 1 fully saturated rings. The van der Waals surface area contributed by atoms with Gasteiger partial charge in [-0.15, -0.1) is 0 Å². The van der Waals surface area contributed by atoms with Gasteiger partial charge in [-0.05, 0) is 50.5 Å². The van der Waals surface area contributed by atoms with Crippen LogP contribution in [0.4, 0.5) is 0 Å². The lowest BCUT2D eigenvalue weighted by Gasteiger charge is -2.42. The number of amides is 2. The van der Waals surface area contributed by atoms with E-state index in [1.165, 1.54) is 6.92 Å². The van der Waals surface area contributed by atoms with Crippen molar-refractivity contribution in [1.29, 1.82) is 0 Å². The first kappa shape index (κ1) is 29.1. The Morgan fingerprint density at radius 3 is 2.18 bits per heavy atom. The molecular weight excluding hydrogens is 418 g/mol. The molecule has 190 valence electrons. The molecule has 3 atom stereocenters. The number of carboxylic acids is 1. The SMILES string of the molecule is CCC(CC)N1CCCC[C@@H]1C(=O)N[C@H](C(=O)N(C)[C@H](C=C(C)C(=O)O)C(C)C)C(C)(C)C. The van der Waals surface area contributed by atoms with Gasteiger partial charge in [0.05, 0.1) is 12.1 Å². The molecule has 0 aliphatic carbocycles. The second kappa shape index (κ2) is 12.5. The third-order valence-corrected chi connectivity index (χ3v) is 6.89. The number of carbonyl (C=O) groups excluding carboxylic acids is 2. The van der Waals surface area contributed by atoms with Crippen molar-refractivity contribution in [3.8, 4) is 0 Å². The number of nitrogens with zero attached hydrogens (tertiary/aromatic N) is 2. The van der Waals surface area contributed by atoms with E-state index in [1.54, 1.807) is 18.0 Å². The van der Waals surface area contributed by atoms with Crippen molar-refractivity contribution < 1.29 is 19.5 Å². The number of rotatable bonds is 10. The van der Waals surface area contributed by atoms with Crippen molar-refractivity contribution in [2.75, 3.05) is 13.6 Å². The van der Waals surface area contributed by atoms with Crippen LogP contribution in [0.15, 0.2) is 11.6 Å². The average Bonchev–Trinajstić information content (AvgIpc) is 2.74. The Morgan fingerprint density at radius 2 is 1.73 bits per heavy atom. The normalized spacial score (nSPS) is 20.0. The molecule has 1 saturated heterocycles. The highest BCUT2D eigenvalue weighted by molar-refractivity contribution is 5.91. The zero-order chi connectivity index (χ0) is 25.5. The van der Waals surface area contributed by atoms with Gasteiger partial charge in [-0.2, -0.15) is 0 Å². The second-order valence-electron chi connectivity index (χ2n) is 10.9. The van der Waals surface area contributed by atoms with Gasteiger partial charge in [-0.3, -0.25) is 14.5 Å². The largest absolute Gasteiger partial charge is 0.478 e. The quantitative estimate of drug-likeness (QED) is 0.475. The third kappa shape index (κ3) is 7.83. The molecule has 1 aliphatic heterocycles. The fourth-order valence-corrected chi connectivity index (χ4v) is 4.75. The molecule has 7 heteroatoms. The van der Waals surface area contributed by atoms with Gasteiger partial charge in [0.2, 0.25) is 11.8 Å². The van der Waals surface area contributed by atoms with Crippen molar-refractivity contribution >= 4 is 17.8 Å². The van der Waals surface area contributed by atoms with Crippen LogP contribution in [-0.2, 0) is 14.4 Å². The van der Waals surface area contributed by atoms with E-state index in [4.69, 9.17) is 0 Å². The molecule has 1 heterocycles. The zero-order valence-electron chi connectivity index (χ0n) is 22.3. The Morgan fingerprint density at radius 1 is 1.15 bits per heavy atom. The fraction of sp³-hybridized carbons (Fsp3) is 0.808. The van der Waals surface area contributed by atoms with E-state index in [-0.39, 0.29) is 35.4 Å². The van der Waals surface area contributed by atoms with Gasteiger partial charge in [-0.25, -0.2) is 4.79 Å². The maximum Gasteiger partial charge on any atom is 0.331 e.